The Morgan fingerprint density at radius 3 is 2.43 bits per heavy atom. The third-order valence-electron chi connectivity index (χ3n) is 3.10. The van der Waals surface area contributed by atoms with Crippen LogP contribution in [0.4, 0.5) is 14.5 Å². The number of halogens is 2. The Bertz CT molecular complexity index is 857. The molecule has 0 saturated heterocycles. The normalized spacial score (nSPS) is 10.6. The molecule has 0 unspecified atom stereocenters. The number of carbonyl (C=O) groups excluding carboxylic acids is 1. The van der Waals surface area contributed by atoms with E-state index in [-0.39, 0.29) is 11.5 Å². The van der Waals surface area contributed by atoms with Crippen molar-refractivity contribution in [2.24, 2.45) is 0 Å². The highest BCUT2D eigenvalue weighted by molar-refractivity contribution is 6.05. The molecule has 3 aromatic rings. The summed E-state index contributed by atoms with van der Waals surface area (Å²) >= 11 is 0. The van der Waals surface area contributed by atoms with Crippen molar-refractivity contribution in [1.29, 1.82) is 0 Å². The molecule has 2 aromatic carbocycles. The van der Waals surface area contributed by atoms with Crippen LogP contribution in [0.3, 0.4) is 0 Å². The summed E-state index contributed by atoms with van der Waals surface area (Å²) in [5.41, 5.74) is 0.254. The zero-order chi connectivity index (χ0) is 16.4. The summed E-state index contributed by atoms with van der Waals surface area (Å²) in [6.07, 6.45) is 0. The fourth-order valence-corrected chi connectivity index (χ4v) is 2.01. The topological polar surface area (TPSA) is 68.0 Å². The minimum Gasteiger partial charge on any atom is -0.421 e. The number of carbonyl (C=O) groups is 1. The van der Waals surface area contributed by atoms with E-state index in [0.717, 1.165) is 12.1 Å². The summed E-state index contributed by atoms with van der Waals surface area (Å²) in [5, 5.41) is 9.80. The fourth-order valence-electron chi connectivity index (χ4n) is 2.01. The van der Waals surface area contributed by atoms with Gasteiger partial charge in [-0.25, -0.2) is 8.78 Å². The first-order valence-electron chi connectivity index (χ1n) is 6.70. The molecule has 116 valence electrons. The van der Waals surface area contributed by atoms with E-state index >= 15 is 0 Å². The summed E-state index contributed by atoms with van der Waals surface area (Å²) in [5.74, 6) is -1.69. The van der Waals surface area contributed by atoms with Crippen molar-refractivity contribution in [3.05, 3.63) is 65.6 Å². The molecule has 0 saturated carbocycles. The number of benzene rings is 2. The van der Waals surface area contributed by atoms with Crippen molar-refractivity contribution in [2.75, 3.05) is 5.32 Å². The van der Waals surface area contributed by atoms with E-state index in [0.29, 0.717) is 11.5 Å². The summed E-state index contributed by atoms with van der Waals surface area (Å²) < 4.78 is 32.5. The molecule has 1 aromatic heterocycles. The lowest BCUT2D eigenvalue weighted by Crippen LogP contribution is -2.14. The third-order valence-corrected chi connectivity index (χ3v) is 3.10. The van der Waals surface area contributed by atoms with Crippen LogP contribution in [0, 0.1) is 18.6 Å². The fraction of sp³-hybridized carbons (Fsp3) is 0.0625. The average Bonchev–Trinajstić information content (AvgIpc) is 2.97. The summed E-state index contributed by atoms with van der Waals surface area (Å²) in [4.78, 5) is 12.2. The van der Waals surface area contributed by atoms with Crippen molar-refractivity contribution in [3.8, 4) is 11.5 Å². The molecule has 0 atom stereocenters. The molecule has 7 heteroatoms. The van der Waals surface area contributed by atoms with Crippen LogP contribution >= 0.6 is 0 Å². The second kappa shape index (κ2) is 5.96. The van der Waals surface area contributed by atoms with Crippen molar-refractivity contribution in [3.63, 3.8) is 0 Å². The van der Waals surface area contributed by atoms with E-state index in [1.165, 1.54) is 18.2 Å². The predicted octanol–water partition coefficient (Wildman–Crippen LogP) is 3.58. The number of nitrogens with zero attached hydrogens (tertiary/aromatic N) is 2. The molecule has 0 aliphatic heterocycles. The molecule has 0 spiro atoms. The number of hydrogen-bond acceptors (Lipinski definition) is 4. The number of aryl methyl sites for hydroxylation is 1. The lowest BCUT2D eigenvalue weighted by atomic mass is 10.1. The van der Waals surface area contributed by atoms with Crippen LogP contribution < -0.4 is 5.32 Å². The molecule has 3 rings (SSSR count). The van der Waals surface area contributed by atoms with Crippen LogP contribution in [0.25, 0.3) is 11.5 Å². The van der Waals surface area contributed by atoms with Crippen molar-refractivity contribution in [1.82, 2.24) is 10.2 Å². The first-order chi connectivity index (χ1) is 11.0. The van der Waals surface area contributed by atoms with Gasteiger partial charge in [-0.05, 0) is 30.3 Å². The molecular formula is C16H11F2N3O2. The minimum absolute atomic E-state index is 0.209. The smallest absolute Gasteiger partial charge is 0.255 e. The Morgan fingerprint density at radius 1 is 1.09 bits per heavy atom. The van der Waals surface area contributed by atoms with Gasteiger partial charge in [0.2, 0.25) is 11.8 Å². The third kappa shape index (κ3) is 3.08. The van der Waals surface area contributed by atoms with Crippen LogP contribution in [0.1, 0.15) is 16.2 Å². The molecule has 0 bridgehead atoms. The Hall–Kier alpha value is -3.09. The summed E-state index contributed by atoms with van der Waals surface area (Å²) in [7, 11) is 0. The molecule has 5 nitrogen and oxygen atoms in total. The van der Waals surface area contributed by atoms with Crippen LogP contribution in [0.5, 0.6) is 0 Å². The van der Waals surface area contributed by atoms with E-state index in [2.05, 4.69) is 15.5 Å². The zero-order valence-electron chi connectivity index (χ0n) is 12.0. The highest BCUT2D eigenvalue weighted by Crippen LogP contribution is 2.22. The van der Waals surface area contributed by atoms with E-state index < -0.39 is 23.2 Å². The van der Waals surface area contributed by atoms with E-state index in [4.69, 9.17) is 4.42 Å². The quantitative estimate of drug-likeness (QED) is 0.802. The van der Waals surface area contributed by atoms with Gasteiger partial charge in [-0.15, -0.1) is 10.2 Å². The number of hydrogen-bond donors (Lipinski definition) is 1. The van der Waals surface area contributed by atoms with E-state index in [1.807, 2.05) is 0 Å². The maximum Gasteiger partial charge on any atom is 0.255 e. The number of amides is 1. The Morgan fingerprint density at radius 2 is 1.78 bits per heavy atom. The second-order valence-electron chi connectivity index (χ2n) is 4.76. The van der Waals surface area contributed by atoms with Gasteiger partial charge in [0.25, 0.3) is 5.91 Å². The maximum absolute atomic E-state index is 13.6. The highest BCUT2D eigenvalue weighted by Gasteiger charge is 2.15. The Balaban J connectivity index is 1.88. The Kier molecular flexibility index (Phi) is 3.84. The van der Waals surface area contributed by atoms with Gasteiger partial charge in [-0.1, -0.05) is 12.1 Å². The lowest BCUT2D eigenvalue weighted by molar-refractivity contribution is 0.102. The first-order valence-corrected chi connectivity index (χ1v) is 6.70. The zero-order valence-corrected chi connectivity index (χ0v) is 12.0. The van der Waals surface area contributed by atoms with Crippen LogP contribution in [-0.2, 0) is 0 Å². The molecule has 0 fully saturated rings. The van der Waals surface area contributed by atoms with Gasteiger partial charge >= 0.3 is 0 Å². The predicted molar refractivity (Wildman–Crippen MR) is 78.8 cm³/mol. The summed E-state index contributed by atoms with van der Waals surface area (Å²) in [6, 6.07) is 9.67. The van der Waals surface area contributed by atoms with Gasteiger partial charge in [0.1, 0.15) is 17.3 Å². The number of aromatic nitrogens is 2. The van der Waals surface area contributed by atoms with Gasteiger partial charge in [0.05, 0.1) is 0 Å². The number of anilines is 1. The standard InChI is InChI=1S/C16H11F2N3O2/c1-9-20-21-16(23-9)11-5-2-4-10(8-11)15(22)19-14-12(17)6-3-7-13(14)18/h2-8H,1H3,(H,19,22). The molecule has 23 heavy (non-hydrogen) atoms. The molecule has 1 N–H and O–H groups in total. The van der Waals surface area contributed by atoms with E-state index in [9.17, 15) is 13.6 Å². The monoisotopic (exact) mass is 315 g/mol. The Labute approximate surface area is 130 Å². The molecular weight excluding hydrogens is 304 g/mol. The SMILES string of the molecule is Cc1nnc(-c2cccc(C(=O)Nc3c(F)cccc3F)c2)o1. The lowest BCUT2D eigenvalue weighted by Gasteiger charge is -2.08. The van der Waals surface area contributed by atoms with Crippen molar-refractivity contribution in [2.45, 2.75) is 6.92 Å². The minimum atomic E-state index is -0.845. The highest BCUT2D eigenvalue weighted by atomic mass is 19.1. The van der Waals surface area contributed by atoms with Gasteiger partial charge < -0.3 is 9.73 Å². The van der Waals surface area contributed by atoms with Crippen LogP contribution in [-0.4, -0.2) is 16.1 Å². The number of rotatable bonds is 3. The van der Waals surface area contributed by atoms with Gasteiger partial charge in [0.15, 0.2) is 0 Å². The molecule has 0 aliphatic carbocycles. The first kappa shape index (κ1) is 14.8. The van der Waals surface area contributed by atoms with Crippen molar-refractivity contribution < 1.29 is 18.0 Å². The van der Waals surface area contributed by atoms with E-state index in [1.54, 1.807) is 19.1 Å². The van der Waals surface area contributed by atoms with Gasteiger partial charge in [0, 0.05) is 18.1 Å². The molecule has 1 heterocycles. The maximum atomic E-state index is 13.6. The van der Waals surface area contributed by atoms with Gasteiger partial charge in [-0.3, -0.25) is 4.79 Å². The molecule has 1 amide bonds. The van der Waals surface area contributed by atoms with Gasteiger partial charge in [-0.2, -0.15) is 0 Å². The van der Waals surface area contributed by atoms with Crippen LogP contribution in [0.15, 0.2) is 46.9 Å². The van der Waals surface area contributed by atoms with Crippen LogP contribution in [0.2, 0.25) is 0 Å². The van der Waals surface area contributed by atoms with Crippen molar-refractivity contribution >= 4 is 11.6 Å². The summed E-state index contributed by atoms with van der Waals surface area (Å²) in [6.45, 7) is 1.65. The number of nitrogens with one attached hydrogen (secondary N) is 1. The number of para-hydroxylation sites is 1. The average molecular weight is 315 g/mol. The molecule has 0 aliphatic rings. The molecule has 0 radical (unpaired) electrons. The second-order valence-corrected chi connectivity index (χ2v) is 4.76. The largest absolute Gasteiger partial charge is 0.421 e.